The lowest BCUT2D eigenvalue weighted by molar-refractivity contribution is 0.548. The number of aliphatic imine (C=N–C) groups is 1. The Kier molecular flexibility index (Phi) is 7.65. The van der Waals surface area contributed by atoms with Gasteiger partial charge < -0.3 is 10.6 Å². The Morgan fingerprint density at radius 3 is 2.56 bits per heavy atom. The fourth-order valence-electron chi connectivity index (χ4n) is 2.31. The number of thiophene rings is 1. The molecule has 0 amide bonds. The summed E-state index contributed by atoms with van der Waals surface area (Å²) in [5.74, 6) is 1.33. The molecule has 0 aliphatic rings. The molecule has 1 heterocycles. The van der Waals surface area contributed by atoms with Gasteiger partial charge in [-0.3, -0.25) is 9.20 Å². The lowest BCUT2D eigenvalue weighted by Gasteiger charge is -2.21. The van der Waals surface area contributed by atoms with Crippen molar-refractivity contribution in [3.05, 3.63) is 52.7 Å². The fraction of sp³-hybridized carbons (Fsp3) is 0.421. The fourth-order valence-corrected chi connectivity index (χ4v) is 4.14. The molecule has 0 saturated carbocycles. The molecule has 0 aliphatic heterocycles. The Labute approximate surface area is 157 Å². The third-order valence-electron chi connectivity index (χ3n) is 3.75. The van der Waals surface area contributed by atoms with E-state index >= 15 is 0 Å². The zero-order valence-corrected chi connectivity index (χ0v) is 16.8. The molecule has 2 N–H and O–H groups in total. The molecule has 0 bridgehead atoms. The van der Waals surface area contributed by atoms with Crippen LogP contribution in [-0.2, 0) is 16.2 Å². The highest BCUT2D eigenvalue weighted by Gasteiger charge is 2.21. The molecule has 2 aromatic rings. The molecule has 0 fully saturated rings. The van der Waals surface area contributed by atoms with Gasteiger partial charge in [0.05, 0.1) is 17.3 Å². The second-order valence-corrected chi connectivity index (χ2v) is 8.86. The van der Waals surface area contributed by atoms with Gasteiger partial charge in [-0.15, -0.1) is 11.3 Å². The summed E-state index contributed by atoms with van der Waals surface area (Å²) in [5, 5.41) is 8.65. The Morgan fingerprint density at radius 2 is 1.92 bits per heavy atom. The number of nitrogens with one attached hydrogen (secondary N) is 2. The third kappa shape index (κ3) is 6.29. The molecule has 4 nitrogen and oxygen atoms in total. The van der Waals surface area contributed by atoms with Crippen LogP contribution in [0.5, 0.6) is 0 Å². The molecule has 1 atom stereocenters. The zero-order chi connectivity index (χ0) is 18.1. The van der Waals surface area contributed by atoms with Crippen molar-refractivity contribution in [3.8, 4) is 0 Å². The Hall–Kier alpha value is -1.66. The summed E-state index contributed by atoms with van der Waals surface area (Å²) in [7, 11) is -0.993. The predicted molar refractivity (Wildman–Crippen MR) is 109 cm³/mol. The highest BCUT2D eigenvalue weighted by Crippen LogP contribution is 2.27. The molecule has 1 aromatic carbocycles. The SMILES string of the molecule is CCNC(=NCC(C)(C)c1cccs1)NCCS(=O)c1ccccc1. The lowest BCUT2D eigenvalue weighted by atomic mass is 9.92. The van der Waals surface area contributed by atoms with Crippen molar-refractivity contribution in [2.75, 3.05) is 25.4 Å². The maximum absolute atomic E-state index is 12.3. The Balaban J connectivity index is 1.88. The second kappa shape index (κ2) is 9.73. The van der Waals surface area contributed by atoms with Crippen LogP contribution in [0.25, 0.3) is 0 Å². The molecule has 136 valence electrons. The second-order valence-electron chi connectivity index (χ2n) is 6.35. The van der Waals surface area contributed by atoms with Crippen LogP contribution in [-0.4, -0.2) is 35.6 Å². The summed E-state index contributed by atoms with van der Waals surface area (Å²) in [6.45, 7) is 8.57. The highest BCUT2D eigenvalue weighted by molar-refractivity contribution is 7.85. The first-order valence-electron chi connectivity index (χ1n) is 8.52. The number of hydrogen-bond donors (Lipinski definition) is 2. The van der Waals surface area contributed by atoms with Crippen LogP contribution < -0.4 is 10.6 Å². The Bertz CT molecular complexity index is 682. The van der Waals surface area contributed by atoms with Gasteiger partial charge in [-0.05, 0) is 30.5 Å². The number of rotatable bonds is 8. The van der Waals surface area contributed by atoms with Gasteiger partial charge >= 0.3 is 0 Å². The van der Waals surface area contributed by atoms with E-state index in [-0.39, 0.29) is 5.41 Å². The summed E-state index contributed by atoms with van der Waals surface area (Å²) in [5.41, 5.74) is 0.00335. The van der Waals surface area contributed by atoms with E-state index in [1.807, 2.05) is 37.3 Å². The van der Waals surface area contributed by atoms with Crippen molar-refractivity contribution in [2.24, 2.45) is 4.99 Å². The molecule has 0 radical (unpaired) electrons. The molecule has 2 rings (SSSR count). The molecule has 0 aliphatic carbocycles. The Morgan fingerprint density at radius 1 is 1.16 bits per heavy atom. The van der Waals surface area contributed by atoms with Crippen LogP contribution in [0.15, 0.2) is 57.7 Å². The van der Waals surface area contributed by atoms with Crippen molar-refractivity contribution in [3.63, 3.8) is 0 Å². The summed E-state index contributed by atoms with van der Waals surface area (Å²) < 4.78 is 12.3. The van der Waals surface area contributed by atoms with Crippen molar-refractivity contribution < 1.29 is 4.21 Å². The molecule has 1 unspecified atom stereocenters. The van der Waals surface area contributed by atoms with Gasteiger partial charge in [-0.25, -0.2) is 0 Å². The minimum atomic E-state index is -0.993. The average molecular weight is 378 g/mol. The standard InChI is InChI=1S/C19H27N3OS2/c1-4-20-18(22-15-19(2,3)17-11-8-13-24-17)21-12-14-25(23)16-9-6-5-7-10-16/h5-11,13H,4,12,14-15H2,1-3H3,(H2,20,21,22). The van der Waals surface area contributed by atoms with Crippen LogP contribution in [0.1, 0.15) is 25.6 Å². The van der Waals surface area contributed by atoms with Crippen LogP contribution in [0.2, 0.25) is 0 Å². The topological polar surface area (TPSA) is 53.5 Å². The molecule has 25 heavy (non-hydrogen) atoms. The van der Waals surface area contributed by atoms with E-state index in [0.717, 1.165) is 17.4 Å². The first-order chi connectivity index (χ1) is 12.0. The van der Waals surface area contributed by atoms with Crippen molar-refractivity contribution in [1.29, 1.82) is 0 Å². The zero-order valence-electron chi connectivity index (χ0n) is 15.1. The summed E-state index contributed by atoms with van der Waals surface area (Å²) in [4.78, 5) is 6.91. The number of nitrogens with zero attached hydrogens (tertiary/aromatic N) is 1. The van der Waals surface area contributed by atoms with Gasteiger partial charge in [0.1, 0.15) is 0 Å². The molecule has 0 spiro atoms. The molecule has 0 saturated heterocycles. The minimum Gasteiger partial charge on any atom is -0.357 e. The minimum absolute atomic E-state index is 0.00335. The number of hydrogen-bond acceptors (Lipinski definition) is 3. The van der Waals surface area contributed by atoms with Gasteiger partial charge in [-0.1, -0.05) is 38.1 Å². The van der Waals surface area contributed by atoms with E-state index in [9.17, 15) is 4.21 Å². The van der Waals surface area contributed by atoms with Gasteiger partial charge in [-0.2, -0.15) is 0 Å². The summed E-state index contributed by atoms with van der Waals surface area (Å²) in [6, 6.07) is 13.8. The largest absolute Gasteiger partial charge is 0.357 e. The van der Waals surface area contributed by atoms with Gasteiger partial charge in [0.2, 0.25) is 0 Å². The molecular formula is C19H27N3OS2. The quantitative estimate of drug-likeness (QED) is 0.548. The van der Waals surface area contributed by atoms with Crippen LogP contribution >= 0.6 is 11.3 Å². The molecule has 1 aromatic heterocycles. The van der Waals surface area contributed by atoms with Crippen molar-refractivity contribution in [1.82, 2.24) is 10.6 Å². The van der Waals surface area contributed by atoms with Crippen molar-refractivity contribution in [2.45, 2.75) is 31.1 Å². The monoisotopic (exact) mass is 377 g/mol. The van der Waals surface area contributed by atoms with E-state index in [2.05, 4.69) is 42.0 Å². The maximum Gasteiger partial charge on any atom is 0.191 e. The maximum atomic E-state index is 12.3. The van der Waals surface area contributed by atoms with Crippen molar-refractivity contribution >= 4 is 28.1 Å². The van der Waals surface area contributed by atoms with Gasteiger partial charge in [0, 0.05) is 34.0 Å². The third-order valence-corrected chi connectivity index (χ3v) is 6.36. The van der Waals surface area contributed by atoms with Gasteiger partial charge in [0.15, 0.2) is 5.96 Å². The van der Waals surface area contributed by atoms with E-state index < -0.39 is 10.8 Å². The molecule has 6 heteroatoms. The van der Waals surface area contributed by atoms with Crippen LogP contribution in [0.4, 0.5) is 0 Å². The van der Waals surface area contributed by atoms with Crippen LogP contribution in [0.3, 0.4) is 0 Å². The predicted octanol–water partition coefficient (Wildman–Crippen LogP) is 3.39. The van der Waals surface area contributed by atoms with E-state index in [0.29, 0.717) is 18.8 Å². The first-order valence-corrected chi connectivity index (χ1v) is 10.7. The number of guanidine groups is 1. The van der Waals surface area contributed by atoms with Crippen LogP contribution in [0, 0.1) is 0 Å². The van der Waals surface area contributed by atoms with E-state index in [4.69, 9.17) is 4.99 Å². The van der Waals surface area contributed by atoms with E-state index in [1.54, 1.807) is 11.3 Å². The average Bonchev–Trinajstić information content (AvgIpc) is 3.16. The smallest absolute Gasteiger partial charge is 0.191 e. The highest BCUT2D eigenvalue weighted by atomic mass is 32.2. The number of benzene rings is 1. The lowest BCUT2D eigenvalue weighted by Crippen LogP contribution is -2.40. The first kappa shape index (κ1) is 19.7. The molecular weight excluding hydrogens is 350 g/mol. The summed E-state index contributed by atoms with van der Waals surface area (Å²) >= 11 is 1.76. The summed E-state index contributed by atoms with van der Waals surface area (Å²) in [6.07, 6.45) is 0. The van der Waals surface area contributed by atoms with Gasteiger partial charge in [0.25, 0.3) is 0 Å². The van der Waals surface area contributed by atoms with E-state index in [1.165, 1.54) is 4.88 Å². The normalized spacial score (nSPS) is 13.5.